The van der Waals surface area contributed by atoms with Crippen LogP contribution in [0.4, 0.5) is 5.69 Å². The van der Waals surface area contributed by atoms with Crippen LogP contribution in [-0.2, 0) is 0 Å². The highest BCUT2D eigenvalue weighted by atomic mass is 16.2. The zero-order chi connectivity index (χ0) is 15.8. The third-order valence-electron chi connectivity index (χ3n) is 3.41. The number of nitrogens with zero attached hydrogens (tertiary/aromatic N) is 3. The Hall–Kier alpha value is -2.11. The van der Waals surface area contributed by atoms with Crippen molar-refractivity contribution in [2.45, 2.75) is 27.2 Å². The minimum absolute atomic E-state index is 0.0514. The zero-order valence-electron chi connectivity index (χ0n) is 13.1. The number of carbonyl (C=O) groups is 1. The largest absolute Gasteiger partial charge is 0.388 e. The second-order valence-electron chi connectivity index (χ2n) is 4.73. The van der Waals surface area contributed by atoms with Gasteiger partial charge in [-0.1, -0.05) is 0 Å². The van der Waals surface area contributed by atoms with Crippen molar-refractivity contribution in [2.24, 2.45) is 5.73 Å². The van der Waals surface area contributed by atoms with Gasteiger partial charge in [0, 0.05) is 44.5 Å². The molecule has 0 saturated heterocycles. The molecule has 0 aliphatic heterocycles. The Bertz CT molecular complexity index is 485. The van der Waals surface area contributed by atoms with E-state index in [1.165, 1.54) is 0 Å². The Kier molecular flexibility index (Phi) is 6.65. The summed E-state index contributed by atoms with van der Waals surface area (Å²) < 4.78 is 0. The Balaban J connectivity index is 2.92. The van der Waals surface area contributed by atoms with Crippen molar-refractivity contribution in [1.82, 2.24) is 9.88 Å². The van der Waals surface area contributed by atoms with Crippen LogP contribution in [0.3, 0.4) is 0 Å². The normalized spacial score (nSPS) is 10.2. The monoisotopic (exact) mass is 291 g/mol. The van der Waals surface area contributed by atoms with E-state index >= 15 is 0 Å². The predicted molar refractivity (Wildman–Crippen MR) is 85.9 cm³/mol. The summed E-state index contributed by atoms with van der Waals surface area (Å²) >= 11 is 0. The molecule has 6 nitrogen and oxygen atoms in total. The van der Waals surface area contributed by atoms with Crippen molar-refractivity contribution in [3.63, 3.8) is 0 Å². The lowest BCUT2D eigenvalue weighted by Crippen LogP contribution is -2.32. The fourth-order valence-electron chi connectivity index (χ4n) is 2.13. The molecule has 0 saturated carbocycles. The maximum absolute atomic E-state index is 12.3. The van der Waals surface area contributed by atoms with Crippen LogP contribution >= 0.6 is 0 Å². The van der Waals surface area contributed by atoms with Gasteiger partial charge >= 0.3 is 0 Å². The van der Waals surface area contributed by atoms with Crippen LogP contribution in [0.15, 0.2) is 18.3 Å². The average Bonchev–Trinajstić information content (AvgIpc) is 2.49. The highest BCUT2D eigenvalue weighted by Gasteiger charge is 2.15. The average molecular weight is 291 g/mol. The van der Waals surface area contributed by atoms with Gasteiger partial charge in [0.15, 0.2) is 0 Å². The molecule has 0 aliphatic carbocycles. The first-order valence-corrected chi connectivity index (χ1v) is 7.36. The molecule has 1 amide bonds. The molecule has 1 rings (SSSR count). The first-order valence-electron chi connectivity index (χ1n) is 7.36. The van der Waals surface area contributed by atoms with Crippen molar-refractivity contribution in [3.05, 3.63) is 24.0 Å². The molecule has 0 aliphatic rings. The number of anilines is 1. The molecule has 21 heavy (non-hydrogen) atoms. The third-order valence-corrected chi connectivity index (χ3v) is 3.41. The zero-order valence-corrected chi connectivity index (χ0v) is 13.1. The van der Waals surface area contributed by atoms with Crippen molar-refractivity contribution in [3.8, 4) is 0 Å². The summed E-state index contributed by atoms with van der Waals surface area (Å²) in [5.41, 5.74) is 6.80. The fourth-order valence-corrected chi connectivity index (χ4v) is 2.13. The standard InChI is InChI=1S/C15H25N5O/c1-4-19(5-2)15(21)13-11-12(7-9-18-13)20(6-3)10-8-14(16)17/h7,9,11H,4-6,8,10H2,1-3H3,(H3,16,17). The summed E-state index contributed by atoms with van der Waals surface area (Å²) in [7, 11) is 0. The molecule has 116 valence electrons. The van der Waals surface area contributed by atoms with Gasteiger partial charge in [-0.2, -0.15) is 0 Å². The van der Waals surface area contributed by atoms with E-state index in [-0.39, 0.29) is 11.7 Å². The maximum atomic E-state index is 12.3. The van der Waals surface area contributed by atoms with Crippen LogP contribution < -0.4 is 10.6 Å². The molecule has 1 aromatic rings. The van der Waals surface area contributed by atoms with Crippen molar-refractivity contribution >= 4 is 17.4 Å². The first-order chi connectivity index (χ1) is 10.0. The van der Waals surface area contributed by atoms with Crippen LogP contribution in [0.2, 0.25) is 0 Å². The summed E-state index contributed by atoms with van der Waals surface area (Å²) in [5, 5.41) is 7.32. The van der Waals surface area contributed by atoms with E-state index in [4.69, 9.17) is 11.1 Å². The number of aromatic nitrogens is 1. The van der Waals surface area contributed by atoms with Gasteiger partial charge in [0.05, 0.1) is 5.84 Å². The number of nitrogens with one attached hydrogen (secondary N) is 1. The van der Waals surface area contributed by atoms with Gasteiger partial charge in [-0.15, -0.1) is 0 Å². The van der Waals surface area contributed by atoms with E-state index in [1.807, 2.05) is 32.9 Å². The van der Waals surface area contributed by atoms with E-state index < -0.39 is 0 Å². The first kappa shape index (κ1) is 16.9. The summed E-state index contributed by atoms with van der Waals surface area (Å²) in [4.78, 5) is 20.3. The van der Waals surface area contributed by atoms with Crippen LogP contribution in [-0.4, -0.2) is 47.8 Å². The summed E-state index contributed by atoms with van der Waals surface area (Å²) in [6.07, 6.45) is 2.16. The second kappa shape index (κ2) is 8.24. The smallest absolute Gasteiger partial charge is 0.272 e. The summed E-state index contributed by atoms with van der Waals surface area (Å²) in [5.74, 6) is 0.117. The van der Waals surface area contributed by atoms with Gasteiger partial charge in [-0.25, -0.2) is 0 Å². The van der Waals surface area contributed by atoms with Gasteiger partial charge in [0.25, 0.3) is 5.91 Å². The minimum Gasteiger partial charge on any atom is -0.388 e. The lowest BCUT2D eigenvalue weighted by Gasteiger charge is -2.24. The van der Waals surface area contributed by atoms with Gasteiger partial charge in [-0.3, -0.25) is 15.2 Å². The quantitative estimate of drug-likeness (QED) is 0.564. The van der Waals surface area contributed by atoms with Crippen molar-refractivity contribution in [2.75, 3.05) is 31.1 Å². The number of nitrogens with two attached hydrogens (primary N) is 1. The second-order valence-corrected chi connectivity index (χ2v) is 4.73. The molecule has 0 atom stereocenters. The lowest BCUT2D eigenvalue weighted by atomic mass is 10.2. The topological polar surface area (TPSA) is 86.3 Å². The highest BCUT2D eigenvalue weighted by Crippen LogP contribution is 2.16. The Morgan fingerprint density at radius 2 is 1.95 bits per heavy atom. The molecule has 3 N–H and O–H groups in total. The number of pyridine rings is 1. The van der Waals surface area contributed by atoms with E-state index in [0.717, 1.165) is 12.2 Å². The number of rotatable bonds is 8. The Morgan fingerprint density at radius 1 is 1.29 bits per heavy atom. The molecule has 0 radical (unpaired) electrons. The van der Waals surface area contributed by atoms with E-state index in [2.05, 4.69) is 9.88 Å². The van der Waals surface area contributed by atoms with E-state index in [1.54, 1.807) is 11.1 Å². The summed E-state index contributed by atoms with van der Waals surface area (Å²) in [6.45, 7) is 8.73. The van der Waals surface area contributed by atoms with Crippen molar-refractivity contribution < 1.29 is 4.79 Å². The molecular formula is C15H25N5O. The molecule has 0 bridgehead atoms. The predicted octanol–water partition coefficient (Wildman–Crippen LogP) is 1.72. The van der Waals surface area contributed by atoms with Crippen LogP contribution in [0.25, 0.3) is 0 Å². The van der Waals surface area contributed by atoms with Gasteiger partial charge < -0.3 is 15.5 Å². The fraction of sp³-hybridized carbons (Fsp3) is 0.533. The number of hydrogen-bond acceptors (Lipinski definition) is 4. The molecule has 1 heterocycles. The Labute approximate surface area is 126 Å². The molecule has 0 spiro atoms. The number of amidine groups is 1. The number of carbonyl (C=O) groups excluding carboxylic acids is 1. The molecule has 6 heteroatoms. The highest BCUT2D eigenvalue weighted by molar-refractivity contribution is 5.93. The van der Waals surface area contributed by atoms with Crippen LogP contribution in [0, 0.1) is 5.41 Å². The molecular weight excluding hydrogens is 266 g/mol. The number of amides is 1. The Morgan fingerprint density at radius 3 is 2.48 bits per heavy atom. The molecule has 0 unspecified atom stereocenters. The molecule has 1 aromatic heterocycles. The molecule has 0 aromatic carbocycles. The van der Waals surface area contributed by atoms with Gasteiger partial charge in [0.1, 0.15) is 5.69 Å². The van der Waals surface area contributed by atoms with E-state index in [9.17, 15) is 4.79 Å². The van der Waals surface area contributed by atoms with Crippen LogP contribution in [0.1, 0.15) is 37.7 Å². The molecule has 0 fully saturated rings. The number of hydrogen-bond donors (Lipinski definition) is 2. The van der Waals surface area contributed by atoms with Crippen LogP contribution in [0.5, 0.6) is 0 Å². The van der Waals surface area contributed by atoms with Crippen molar-refractivity contribution in [1.29, 1.82) is 5.41 Å². The maximum Gasteiger partial charge on any atom is 0.272 e. The van der Waals surface area contributed by atoms with Gasteiger partial charge in [0.2, 0.25) is 0 Å². The SMILES string of the molecule is CCN(CC)C(=O)c1cc(N(CC)CCC(=N)N)ccn1. The minimum atomic E-state index is -0.0514. The van der Waals surface area contributed by atoms with E-state index in [0.29, 0.717) is 31.7 Å². The lowest BCUT2D eigenvalue weighted by molar-refractivity contribution is 0.0767. The summed E-state index contributed by atoms with van der Waals surface area (Å²) in [6, 6.07) is 3.69. The third kappa shape index (κ3) is 4.73. The van der Waals surface area contributed by atoms with Gasteiger partial charge in [-0.05, 0) is 32.9 Å².